The van der Waals surface area contributed by atoms with Crippen molar-refractivity contribution in [1.82, 2.24) is 9.97 Å². The van der Waals surface area contributed by atoms with Crippen LogP contribution in [0.25, 0.3) is 0 Å². The molecule has 0 bridgehead atoms. The lowest BCUT2D eigenvalue weighted by Crippen LogP contribution is -2.16. The van der Waals surface area contributed by atoms with E-state index in [1.165, 1.54) is 13.3 Å². The second kappa shape index (κ2) is 7.59. The molecule has 0 saturated heterocycles. The number of hydrogen-bond acceptors (Lipinski definition) is 5. The van der Waals surface area contributed by atoms with Crippen LogP contribution in [0.5, 0.6) is 5.75 Å². The number of carbonyl (C=O) groups excluding carboxylic acids is 1. The lowest BCUT2D eigenvalue weighted by molar-refractivity contribution is 0.0507. The van der Waals surface area contributed by atoms with E-state index in [0.717, 1.165) is 11.1 Å². The number of methoxy groups -OCH3 is 1. The normalized spacial score (nSPS) is 10.5. The second-order valence-corrected chi connectivity index (χ2v) is 5.43. The number of rotatable bonds is 5. The Morgan fingerprint density at radius 1 is 1.30 bits per heavy atom. The zero-order chi connectivity index (χ0) is 17.0. The third-order valence-electron chi connectivity index (χ3n) is 3.15. The first-order valence-electron chi connectivity index (χ1n) is 6.65. The van der Waals surface area contributed by atoms with Crippen LogP contribution in [0.4, 0.5) is 5.69 Å². The molecule has 0 aliphatic heterocycles. The molecule has 1 N–H and O–H groups in total. The van der Waals surface area contributed by atoms with E-state index in [1.807, 2.05) is 26.0 Å². The number of aryl methyl sites for hydroxylation is 1. The van der Waals surface area contributed by atoms with Gasteiger partial charge in [-0.1, -0.05) is 17.7 Å². The lowest BCUT2D eigenvalue weighted by atomic mass is 10.1. The number of benzene rings is 1. The fourth-order valence-corrected chi connectivity index (χ4v) is 2.36. The van der Waals surface area contributed by atoms with E-state index < -0.39 is 5.91 Å². The molecule has 2 rings (SSSR count). The predicted octanol–water partition coefficient (Wildman–Crippen LogP) is 3.64. The molecule has 1 heterocycles. The number of amides is 1. The predicted molar refractivity (Wildman–Crippen MR) is 88.4 cm³/mol. The number of carbonyl (C=O) groups is 1. The van der Waals surface area contributed by atoms with E-state index >= 15 is 0 Å². The van der Waals surface area contributed by atoms with Gasteiger partial charge < -0.3 is 14.8 Å². The van der Waals surface area contributed by atoms with Gasteiger partial charge in [0.25, 0.3) is 5.91 Å². The van der Waals surface area contributed by atoms with Crippen LogP contribution < -0.4 is 10.1 Å². The standard InChI is InChI=1S/C15H15Cl2N3O3/c1-8-4-5-11(23-7-22-3)9(2)12(8)19-14(21)10-6-18-15(17)20-13(10)16/h4-6H,7H2,1-3H3,(H,19,21). The minimum absolute atomic E-state index is 0.00964. The summed E-state index contributed by atoms with van der Waals surface area (Å²) < 4.78 is 10.4. The highest BCUT2D eigenvalue weighted by Gasteiger charge is 2.16. The van der Waals surface area contributed by atoms with Crippen molar-refractivity contribution < 1.29 is 14.3 Å². The molecular weight excluding hydrogens is 341 g/mol. The maximum absolute atomic E-state index is 12.4. The summed E-state index contributed by atoms with van der Waals surface area (Å²) >= 11 is 11.6. The highest BCUT2D eigenvalue weighted by Crippen LogP contribution is 2.30. The first-order valence-corrected chi connectivity index (χ1v) is 7.41. The van der Waals surface area contributed by atoms with Crippen LogP contribution in [0.1, 0.15) is 21.5 Å². The Labute approximate surface area is 143 Å². The summed E-state index contributed by atoms with van der Waals surface area (Å²) in [5, 5.41) is 2.78. The largest absolute Gasteiger partial charge is 0.467 e. The van der Waals surface area contributed by atoms with Crippen molar-refractivity contribution in [3.63, 3.8) is 0 Å². The number of anilines is 1. The molecule has 1 aromatic carbocycles. The van der Waals surface area contributed by atoms with Crippen molar-refractivity contribution >= 4 is 34.8 Å². The van der Waals surface area contributed by atoms with Crippen molar-refractivity contribution in [3.05, 3.63) is 45.5 Å². The number of hydrogen-bond donors (Lipinski definition) is 1. The van der Waals surface area contributed by atoms with E-state index in [0.29, 0.717) is 11.4 Å². The molecule has 0 unspecified atom stereocenters. The van der Waals surface area contributed by atoms with Gasteiger partial charge in [-0.25, -0.2) is 9.97 Å². The van der Waals surface area contributed by atoms with Crippen LogP contribution >= 0.6 is 23.2 Å². The molecular formula is C15H15Cl2N3O3. The highest BCUT2D eigenvalue weighted by atomic mass is 35.5. The van der Waals surface area contributed by atoms with Gasteiger partial charge in [-0.15, -0.1) is 0 Å². The Morgan fingerprint density at radius 2 is 2.04 bits per heavy atom. The Kier molecular flexibility index (Phi) is 5.76. The maximum Gasteiger partial charge on any atom is 0.260 e. The second-order valence-electron chi connectivity index (χ2n) is 4.73. The number of nitrogens with one attached hydrogen (secondary N) is 1. The van der Waals surface area contributed by atoms with Crippen LogP contribution in [-0.2, 0) is 4.74 Å². The van der Waals surface area contributed by atoms with Gasteiger partial charge in [0, 0.05) is 18.9 Å². The van der Waals surface area contributed by atoms with Crippen LogP contribution in [0.15, 0.2) is 18.3 Å². The van der Waals surface area contributed by atoms with Crippen molar-refractivity contribution in [2.45, 2.75) is 13.8 Å². The van der Waals surface area contributed by atoms with Crippen LogP contribution in [0.3, 0.4) is 0 Å². The summed E-state index contributed by atoms with van der Waals surface area (Å²) in [6.07, 6.45) is 1.28. The topological polar surface area (TPSA) is 73.3 Å². The van der Waals surface area contributed by atoms with Gasteiger partial charge in [0.1, 0.15) is 10.9 Å². The molecule has 23 heavy (non-hydrogen) atoms. The van der Waals surface area contributed by atoms with Crippen molar-refractivity contribution in [1.29, 1.82) is 0 Å². The Balaban J connectivity index is 2.30. The van der Waals surface area contributed by atoms with E-state index in [1.54, 1.807) is 0 Å². The summed E-state index contributed by atoms with van der Waals surface area (Å²) in [7, 11) is 1.54. The average molecular weight is 356 g/mol. The van der Waals surface area contributed by atoms with Crippen molar-refractivity contribution in [3.8, 4) is 5.75 Å². The van der Waals surface area contributed by atoms with Crippen molar-refractivity contribution in [2.24, 2.45) is 0 Å². The number of nitrogens with zero attached hydrogens (tertiary/aromatic N) is 2. The Bertz CT molecular complexity index is 738. The molecule has 0 aliphatic rings. The smallest absolute Gasteiger partial charge is 0.260 e. The lowest BCUT2D eigenvalue weighted by Gasteiger charge is -2.16. The summed E-state index contributed by atoms with van der Waals surface area (Å²) in [6, 6.07) is 3.66. The highest BCUT2D eigenvalue weighted by molar-refractivity contribution is 6.34. The third-order valence-corrected chi connectivity index (χ3v) is 3.62. The minimum atomic E-state index is -0.429. The number of aromatic nitrogens is 2. The monoisotopic (exact) mass is 355 g/mol. The fourth-order valence-electron chi connectivity index (χ4n) is 1.97. The van der Waals surface area contributed by atoms with Gasteiger partial charge in [-0.2, -0.15) is 0 Å². The summed E-state index contributed by atoms with van der Waals surface area (Å²) in [4.78, 5) is 19.9. The molecule has 1 aromatic heterocycles. The maximum atomic E-state index is 12.4. The Hall–Kier alpha value is -1.89. The molecule has 0 saturated carbocycles. The minimum Gasteiger partial charge on any atom is -0.467 e. The van der Waals surface area contributed by atoms with Crippen LogP contribution in [-0.4, -0.2) is 29.8 Å². The van der Waals surface area contributed by atoms with Gasteiger partial charge in [0.05, 0.1) is 11.3 Å². The molecule has 0 aliphatic carbocycles. The molecule has 2 aromatic rings. The Morgan fingerprint density at radius 3 is 2.70 bits per heavy atom. The van der Waals surface area contributed by atoms with Crippen LogP contribution in [0.2, 0.25) is 10.4 Å². The molecule has 122 valence electrons. The molecule has 6 nitrogen and oxygen atoms in total. The van der Waals surface area contributed by atoms with Gasteiger partial charge in [0.2, 0.25) is 5.28 Å². The molecule has 0 spiro atoms. The SMILES string of the molecule is COCOc1ccc(C)c(NC(=O)c2cnc(Cl)nc2Cl)c1C. The van der Waals surface area contributed by atoms with E-state index in [2.05, 4.69) is 15.3 Å². The third kappa shape index (κ3) is 4.10. The molecule has 0 radical (unpaired) electrons. The van der Waals surface area contributed by atoms with Gasteiger partial charge in [-0.3, -0.25) is 4.79 Å². The summed E-state index contributed by atoms with van der Waals surface area (Å²) in [5.41, 5.74) is 2.43. The summed E-state index contributed by atoms with van der Waals surface area (Å²) in [6.45, 7) is 3.84. The van der Waals surface area contributed by atoms with Crippen molar-refractivity contribution in [2.75, 3.05) is 19.2 Å². The summed E-state index contributed by atoms with van der Waals surface area (Å²) in [5.74, 6) is 0.188. The van der Waals surface area contributed by atoms with Gasteiger partial charge >= 0.3 is 0 Å². The number of ether oxygens (including phenoxy) is 2. The zero-order valence-corrected chi connectivity index (χ0v) is 14.3. The van der Waals surface area contributed by atoms with E-state index in [4.69, 9.17) is 32.7 Å². The van der Waals surface area contributed by atoms with Crippen LogP contribution in [0, 0.1) is 13.8 Å². The molecule has 1 amide bonds. The average Bonchev–Trinajstić information content (AvgIpc) is 2.50. The first-order chi connectivity index (χ1) is 10.9. The molecule has 0 fully saturated rings. The van der Waals surface area contributed by atoms with Gasteiger partial charge in [-0.05, 0) is 37.1 Å². The quantitative estimate of drug-likeness (QED) is 0.503. The first kappa shape index (κ1) is 17.5. The van der Waals surface area contributed by atoms with Gasteiger partial charge in [0.15, 0.2) is 6.79 Å². The molecule has 8 heteroatoms. The zero-order valence-electron chi connectivity index (χ0n) is 12.8. The number of halogens is 2. The van der Waals surface area contributed by atoms with E-state index in [-0.39, 0.29) is 22.8 Å². The molecule has 0 atom stereocenters. The fraction of sp³-hybridized carbons (Fsp3) is 0.267. The van der Waals surface area contributed by atoms with E-state index in [9.17, 15) is 4.79 Å².